The number of nitrogens with one attached hydrogen (secondary N) is 1. The summed E-state index contributed by atoms with van der Waals surface area (Å²) in [5.74, 6) is 1.30. The van der Waals surface area contributed by atoms with E-state index in [0.29, 0.717) is 5.84 Å². The lowest BCUT2D eigenvalue weighted by atomic mass is 10.1. The number of hydrogen-bond donors (Lipinski definition) is 2. The van der Waals surface area contributed by atoms with Crippen molar-refractivity contribution < 1.29 is 4.74 Å². The van der Waals surface area contributed by atoms with Crippen molar-refractivity contribution in [3.8, 4) is 5.75 Å². The van der Waals surface area contributed by atoms with Gasteiger partial charge in [-0.2, -0.15) is 0 Å². The van der Waals surface area contributed by atoms with Crippen LogP contribution in [-0.4, -0.2) is 16.9 Å². The molecule has 2 heterocycles. The van der Waals surface area contributed by atoms with E-state index >= 15 is 0 Å². The molecular formula is C16H18N4O. The number of nitrogens with two attached hydrogens (primary N) is 1. The van der Waals surface area contributed by atoms with E-state index in [0.717, 1.165) is 35.7 Å². The smallest absolute Gasteiger partial charge is 0.153 e. The van der Waals surface area contributed by atoms with E-state index in [4.69, 9.17) is 10.5 Å². The first-order chi connectivity index (χ1) is 10.2. The van der Waals surface area contributed by atoms with Crippen LogP contribution in [0.1, 0.15) is 18.1 Å². The maximum Gasteiger partial charge on any atom is 0.153 e. The first-order valence-corrected chi connectivity index (χ1v) is 6.95. The molecule has 0 spiro atoms. The molecule has 0 amide bonds. The van der Waals surface area contributed by atoms with Gasteiger partial charge < -0.3 is 15.8 Å². The Hall–Kier alpha value is -2.40. The van der Waals surface area contributed by atoms with E-state index in [9.17, 15) is 0 Å². The lowest BCUT2D eigenvalue weighted by Gasteiger charge is -2.21. The van der Waals surface area contributed by atoms with Crippen LogP contribution in [0.3, 0.4) is 0 Å². The number of pyridine rings is 1. The largest absolute Gasteiger partial charge is 0.481 e. The Morgan fingerprint density at radius 2 is 2.10 bits per heavy atom. The van der Waals surface area contributed by atoms with Crippen molar-refractivity contribution in [2.45, 2.75) is 26.1 Å². The fourth-order valence-electron chi connectivity index (χ4n) is 2.19. The summed E-state index contributed by atoms with van der Waals surface area (Å²) in [4.78, 5) is 8.48. The van der Waals surface area contributed by atoms with E-state index in [-0.39, 0.29) is 6.10 Å². The molecular weight excluding hydrogens is 264 g/mol. The van der Waals surface area contributed by atoms with Crippen molar-refractivity contribution in [1.82, 2.24) is 10.3 Å². The maximum atomic E-state index is 5.82. The zero-order chi connectivity index (χ0) is 14.7. The average Bonchev–Trinajstić information content (AvgIpc) is 2.50. The Bertz CT molecular complexity index is 655. The molecule has 1 unspecified atom stereocenters. The van der Waals surface area contributed by atoms with Crippen LogP contribution in [0, 0.1) is 0 Å². The highest BCUT2D eigenvalue weighted by Gasteiger charge is 2.17. The molecule has 1 aliphatic rings. The van der Waals surface area contributed by atoms with E-state index < -0.39 is 0 Å². The monoisotopic (exact) mass is 282 g/mol. The fourth-order valence-corrected chi connectivity index (χ4v) is 2.19. The molecule has 0 saturated carbocycles. The Labute approximate surface area is 123 Å². The lowest BCUT2D eigenvalue weighted by molar-refractivity contribution is 0.281. The summed E-state index contributed by atoms with van der Waals surface area (Å²) >= 11 is 0. The predicted octanol–water partition coefficient (Wildman–Crippen LogP) is 2.14. The van der Waals surface area contributed by atoms with Crippen LogP contribution < -0.4 is 15.8 Å². The van der Waals surface area contributed by atoms with Crippen LogP contribution in [0.25, 0.3) is 0 Å². The maximum absolute atomic E-state index is 5.82. The third-order valence-electron chi connectivity index (χ3n) is 3.37. The number of rotatable bonds is 4. The van der Waals surface area contributed by atoms with Gasteiger partial charge >= 0.3 is 0 Å². The minimum Gasteiger partial charge on any atom is -0.481 e. The van der Waals surface area contributed by atoms with E-state index in [1.54, 1.807) is 6.20 Å². The van der Waals surface area contributed by atoms with Gasteiger partial charge in [0.1, 0.15) is 17.3 Å². The van der Waals surface area contributed by atoms with Gasteiger partial charge in [-0.3, -0.25) is 4.98 Å². The van der Waals surface area contributed by atoms with Gasteiger partial charge in [0.15, 0.2) is 6.10 Å². The highest BCUT2D eigenvalue weighted by Crippen LogP contribution is 2.32. The zero-order valence-corrected chi connectivity index (χ0v) is 11.9. The van der Waals surface area contributed by atoms with Crippen LogP contribution in [0.2, 0.25) is 0 Å². The van der Waals surface area contributed by atoms with Crippen molar-refractivity contribution >= 4 is 11.5 Å². The Morgan fingerprint density at radius 1 is 1.24 bits per heavy atom. The molecule has 1 aromatic heterocycles. The molecule has 21 heavy (non-hydrogen) atoms. The van der Waals surface area contributed by atoms with Gasteiger partial charge in [-0.05, 0) is 36.2 Å². The van der Waals surface area contributed by atoms with Gasteiger partial charge in [0.2, 0.25) is 0 Å². The molecule has 3 N–H and O–H groups in total. The second kappa shape index (κ2) is 5.93. The van der Waals surface area contributed by atoms with Gasteiger partial charge in [0.05, 0.1) is 0 Å². The third-order valence-corrected chi connectivity index (χ3v) is 3.37. The lowest BCUT2D eigenvalue weighted by Crippen LogP contribution is -2.33. The Balaban J connectivity index is 1.64. The second-order valence-corrected chi connectivity index (χ2v) is 5.06. The molecule has 5 nitrogen and oxygen atoms in total. The van der Waals surface area contributed by atoms with E-state index in [1.807, 2.05) is 43.5 Å². The molecule has 0 bridgehead atoms. The van der Waals surface area contributed by atoms with Crippen molar-refractivity contribution in [3.05, 3.63) is 53.9 Å². The number of amidine groups is 1. The molecule has 0 radical (unpaired) electrons. The van der Waals surface area contributed by atoms with Gasteiger partial charge in [0.25, 0.3) is 0 Å². The summed E-state index contributed by atoms with van der Waals surface area (Å²) in [6, 6.07) is 9.98. The number of ether oxygens (including phenoxy) is 1. The normalized spacial score (nSPS) is 16.8. The van der Waals surface area contributed by atoms with Crippen molar-refractivity contribution in [2.75, 3.05) is 0 Å². The highest BCUT2D eigenvalue weighted by molar-refractivity contribution is 5.89. The summed E-state index contributed by atoms with van der Waals surface area (Å²) in [5.41, 5.74) is 8.93. The highest BCUT2D eigenvalue weighted by atomic mass is 16.5. The Kier molecular flexibility index (Phi) is 3.83. The van der Waals surface area contributed by atoms with E-state index in [1.165, 1.54) is 0 Å². The molecule has 2 aromatic rings. The average molecular weight is 282 g/mol. The predicted molar refractivity (Wildman–Crippen MR) is 82.6 cm³/mol. The molecule has 0 saturated heterocycles. The number of fused-ring (bicyclic) bond motifs is 1. The van der Waals surface area contributed by atoms with Crippen molar-refractivity contribution in [3.63, 3.8) is 0 Å². The van der Waals surface area contributed by atoms with Crippen LogP contribution in [0.4, 0.5) is 5.69 Å². The minimum absolute atomic E-state index is 0.160. The van der Waals surface area contributed by atoms with Crippen LogP contribution in [-0.2, 0) is 13.1 Å². The van der Waals surface area contributed by atoms with Gasteiger partial charge in [-0.25, -0.2) is 4.99 Å². The second-order valence-electron chi connectivity index (χ2n) is 5.06. The van der Waals surface area contributed by atoms with Gasteiger partial charge in [0, 0.05) is 25.5 Å². The number of nitrogens with zero attached hydrogens (tertiary/aromatic N) is 2. The Morgan fingerprint density at radius 3 is 2.90 bits per heavy atom. The summed E-state index contributed by atoms with van der Waals surface area (Å²) in [7, 11) is 0. The number of aromatic nitrogens is 1. The third kappa shape index (κ3) is 3.20. The molecule has 108 valence electrons. The minimum atomic E-state index is -0.160. The number of aliphatic imine (C=N–C) groups is 1. The van der Waals surface area contributed by atoms with E-state index in [2.05, 4.69) is 15.3 Å². The number of benzene rings is 1. The first kappa shape index (κ1) is 13.6. The van der Waals surface area contributed by atoms with Gasteiger partial charge in [-0.1, -0.05) is 12.1 Å². The standard InChI is InChI=1S/C16H18N4O/c1-11-16(17)20-14-7-12(4-5-15(14)21-11)8-19-10-13-3-2-6-18-9-13/h2-7,9,11,19H,8,10H2,1H3,(H2,17,20). The molecule has 1 aromatic carbocycles. The summed E-state index contributed by atoms with van der Waals surface area (Å²) in [6.45, 7) is 3.43. The number of hydrogen-bond acceptors (Lipinski definition) is 5. The zero-order valence-electron chi connectivity index (χ0n) is 11.9. The molecule has 0 fully saturated rings. The molecule has 5 heteroatoms. The van der Waals surface area contributed by atoms with Crippen LogP contribution >= 0.6 is 0 Å². The summed E-state index contributed by atoms with van der Waals surface area (Å²) in [5, 5.41) is 3.38. The SMILES string of the molecule is CC1Oc2ccc(CNCc3cccnc3)cc2N=C1N. The fraction of sp³-hybridized carbons (Fsp3) is 0.250. The quantitative estimate of drug-likeness (QED) is 0.901. The van der Waals surface area contributed by atoms with Gasteiger partial charge in [-0.15, -0.1) is 0 Å². The van der Waals surface area contributed by atoms with Crippen molar-refractivity contribution in [2.24, 2.45) is 10.7 Å². The topological polar surface area (TPSA) is 72.5 Å². The van der Waals surface area contributed by atoms with Crippen LogP contribution in [0.5, 0.6) is 5.75 Å². The molecule has 3 rings (SSSR count). The van der Waals surface area contributed by atoms with Crippen LogP contribution in [0.15, 0.2) is 47.7 Å². The summed E-state index contributed by atoms with van der Waals surface area (Å²) in [6.07, 6.45) is 3.48. The van der Waals surface area contributed by atoms with Crippen molar-refractivity contribution in [1.29, 1.82) is 0 Å². The summed E-state index contributed by atoms with van der Waals surface area (Å²) < 4.78 is 5.69. The molecule has 1 aliphatic heterocycles. The molecule has 1 atom stereocenters. The first-order valence-electron chi connectivity index (χ1n) is 6.95. The molecule has 0 aliphatic carbocycles.